The van der Waals surface area contributed by atoms with Gasteiger partial charge in [0, 0.05) is 9.26 Å². The molecule has 0 heterocycles. The van der Waals surface area contributed by atoms with Crippen molar-refractivity contribution in [3.63, 3.8) is 0 Å². The Morgan fingerprint density at radius 1 is 1.38 bits per heavy atom. The molecule has 0 aromatic heterocycles. The molecule has 0 radical (unpaired) electrons. The Morgan fingerprint density at radius 2 is 1.94 bits per heavy atom. The van der Waals surface area contributed by atoms with Crippen LogP contribution in [0.3, 0.4) is 0 Å². The van der Waals surface area contributed by atoms with E-state index in [1.807, 2.05) is 27.7 Å². The Bertz CT molecular complexity index is 422. The fraction of sp³-hybridized carbons (Fsp3) is 0.417. The summed E-state index contributed by atoms with van der Waals surface area (Å²) in [6, 6.07) is 3.56. The molecule has 0 aliphatic carbocycles. The number of carbonyl (C=O) groups excluding carboxylic acids is 1. The molecule has 0 aliphatic rings. The standard InChI is InChI=1S/C12H16INO2/c1-7-5-10(14)9(13)6-8(7)11(15)16-12(2,3)4/h5-6H,14H2,1-4H3. The maximum atomic E-state index is 11.9. The SMILES string of the molecule is Cc1cc(N)c(I)cc1C(=O)OC(C)(C)C. The third kappa shape index (κ3) is 3.37. The van der Waals surface area contributed by atoms with E-state index in [-0.39, 0.29) is 5.97 Å². The molecule has 3 nitrogen and oxygen atoms in total. The predicted octanol–water partition coefficient (Wildman–Crippen LogP) is 3.14. The third-order valence-corrected chi connectivity index (χ3v) is 2.90. The molecule has 1 aromatic carbocycles. The maximum absolute atomic E-state index is 11.9. The number of rotatable bonds is 1. The van der Waals surface area contributed by atoms with Crippen LogP contribution in [0.4, 0.5) is 5.69 Å². The molecule has 4 heteroatoms. The van der Waals surface area contributed by atoms with Gasteiger partial charge in [0.15, 0.2) is 0 Å². The molecule has 0 spiro atoms. The van der Waals surface area contributed by atoms with Gasteiger partial charge >= 0.3 is 5.97 Å². The van der Waals surface area contributed by atoms with Crippen molar-refractivity contribution in [3.05, 3.63) is 26.8 Å². The van der Waals surface area contributed by atoms with Gasteiger partial charge in [0.2, 0.25) is 0 Å². The second-order valence-electron chi connectivity index (χ2n) is 4.69. The normalized spacial score (nSPS) is 11.3. The first-order chi connectivity index (χ1) is 7.20. The Labute approximate surface area is 109 Å². The molecule has 0 unspecified atom stereocenters. The zero-order chi connectivity index (χ0) is 12.5. The van der Waals surface area contributed by atoms with E-state index in [1.54, 1.807) is 12.1 Å². The monoisotopic (exact) mass is 333 g/mol. The van der Waals surface area contributed by atoms with Gasteiger partial charge < -0.3 is 10.5 Å². The van der Waals surface area contributed by atoms with Gasteiger partial charge in [0.25, 0.3) is 0 Å². The number of nitrogens with two attached hydrogens (primary N) is 1. The third-order valence-electron chi connectivity index (χ3n) is 1.96. The van der Waals surface area contributed by atoms with Crippen LogP contribution in [0.2, 0.25) is 0 Å². The number of hydrogen-bond donors (Lipinski definition) is 1. The molecule has 0 bridgehead atoms. The van der Waals surface area contributed by atoms with Gasteiger partial charge in [-0.25, -0.2) is 4.79 Å². The van der Waals surface area contributed by atoms with E-state index in [1.165, 1.54) is 0 Å². The molecule has 0 saturated heterocycles. The molecule has 16 heavy (non-hydrogen) atoms. The number of halogens is 1. The fourth-order valence-electron chi connectivity index (χ4n) is 1.26. The fourth-order valence-corrected chi connectivity index (χ4v) is 1.72. The van der Waals surface area contributed by atoms with E-state index in [0.717, 1.165) is 9.13 Å². The molecule has 2 N–H and O–H groups in total. The van der Waals surface area contributed by atoms with E-state index in [9.17, 15) is 4.79 Å². The Morgan fingerprint density at radius 3 is 2.44 bits per heavy atom. The van der Waals surface area contributed by atoms with Crippen LogP contribution in [0.1, 0.15) is 36.7 Å². The van der Waals surface area contributed by atoms with Gasteiger partial charge in [-0.1, -0.05) is 0 Å². The molecule has 88 valence electrons. The molecule has 0 amide bonds. The number of nitrogen functional groups attached to an aromatic ring is 1. The first kappa shape index (κ1) is 13.3. The summed E-state index contributed by atoms with van der Waals surface area (Å²) in [6.07, 6.45) is 0. The minimum atomic E-state index is -0.476. The average molecular weight is 333 g/mol. The lowest BCUT2D eigenvalue weighted by Gasteiger charge is -2.20. The molecule has 1 aromatic rings. The van der Waals surface area contributed by atoms with E-state index in [4.69, 9.17) is 10.5 Å². The number of esters is 1. The summed E-state index contributed by atoms with van der Waals surface area (Å²) in [5, 5.41) is 0. The van der Waals surface area contributed by atoms with Gasteiger partial charge in [-0.2, -0.15) is 0 Å². The van der Waals surface area contributed by atoms with Crippen LogP contribution in [0.15, 0.2) is 12.1 Å². The first-order valence-electron chi connectivity index (χ1n) is 4.99. The van der Waals surface area contributed by atoms with Gasteiger partial charge in [0.1, 0.15) is 5.60 Å². The van der Waals surface area contributed by atoms with Crippen LogP contribution in [0.25, 0.3) is 0 Å². The Kier molecular flexibility index (Phi) is 3.83. The molecular weight excluding hydrogens is 317 g/mol. The molecule has 0 aliphatic heterocycles. The number of carbonyl (C=O) groups is 1. The highest BCUT2D eigenvalue weighted by atomic mass is 127. The quantitative estimate of drug-likeness (QED) is 0.488. The van der Waals surface area contributed by atoms with Crippen molar-refractivity contribution in [2.24, 2.45) is 0 Å². The van der Waals surface area contributed by atoms with Gasteiger partial charge in [-0.05, 0) is 68.0 Å². The molecule has 0 fully saturated rings. The minimum Gasteiger partial charge on any atom is -0.456 e. The summed E-state index contributed by atoms with van der Waals surface area (Å²) < 4.78 is 6.18. The van der Waals surface area contributed by atoms with Crippen molar-refractivity contribution in [2.45, 2.75) is 33.3 Å². The van der Waals surface area contributed by atoms with E-state index >= 15 is 0 Å². The molecule has 0 saturated carbocycles. The first-order valence-corrected chi connectivity index (χ1v) is 6.07. The van der Waals surface area contributed by atoms with E-state index in [2.05, 4.69) is 22.6 Å². The number of aryl methyl sites for hydroxylation is 1. The van der Waals surface area contributed by atoms with Crippen molar-refractivity contribution in [2.75, 3.05) is 5.73 Å². The second-order valence-corrected chi connectivity index (χ2v) is 5.85. The van der Waals surface area contributed by atoms with Crippen LogP contribution < -0.4 is 5.73 Å². The molecule has 1 rings (SSSR count). The highest BCUT2D eigenvalue weighted by molar-refractivity contribution is 14.1. The summed E-state index contributed by atoms with van der Waals surface area (Å²) in [5.74, 6) is -0.303. The van der Waals surface area contributed by atoms with Crippen LogP contribution in [-0.2, 0) is 4.74 Å². The van der Waals surface area contributed by atoms with Crippen molar-refractivity contribution in [3.8, 4) is 0 Å². The maximum Gasteiger partial charge on any atom is 0.338 e. The van der Waals surface area contributed by atoms with Crippen molar-refractivity contribution in [1.29, 1.82) is 0 Å². The lowest BCUT2D eigenvalue weighted by molar-refractivity contribution is 0.00687. The van der Waals surface area contributed by atoms with Crippen molar-refractivity contribution in [1.82, 2.24) is 0 Å². The zero-order valence-corrected chi connectivity index (χ0v) is 12.1. The highest BCUT2D eigenvalue weighted by Gasteiger charge is 2.19. The van der Waals surface area contributed by atoms with Gasteiger partial charge in [-0.15, -0.1) is 0 Å². The van der Waals surface area contributed by atoms with Crippen LogP contribution in [0, 0.1) is 10.5 Å². The zero-order valence-electron chi connectivity index (χ0n) is 9.93. The smallest absolute Gasteiger partial charge is 0.338 e. The number of ether oxygens (including phenoxy) is 1. The lowest BCUT2D eigenvalue weighted by Crippen LogP contribution is -2.24. The summed E-state index contributed by atoms with van der Waals surface area (Å²) in [6.45, 7) is 7.40. The largest absolute Gasteiger partial charge is 0.456 e. The molecular formula is C12H16INO2. The topological polar surface area (TPSA) is 52.3 Å². The van der Waals surface area contributed by atoms with Crippen LogP contribution in [-0.4, -0.2) is 11.6 Å². The highest BCUT2D eigenvalue weighted by Crippen LogP contribution is 2.22. The van der Waals surface area contributed by atoms with Gasteiger partial charge in [0.05, 0.1) is 5.56 Å². The van der Waals surface area contributed by atoms with Gasteiger partial charge in [-0.3, -0.25) is 0 Å². The summed E-state index contributed by atoms with van der Waals surface area (Å²) in [5.41, 5.74) is 7.38. The van der Waals surface area contributed by atoms with Crippen LogP contribution in [0.5, 0.6) is 0 Å². The predicted molar refractivity (Wildman–Crippen MR) is 73.5 cm³/mol. The number of hydrogen-bond acceptors (Lipinski definition) is 3. The minimum absolute atomic E-state index is 0.303. The van der Waals surface area contributed by atoms with E-state index < -0.39 is 5.60 Å². The molecule has 0 atom stereocenters. The Hall–Kier alpha value is -0.780. The van der Waals surface area contributed by atoms with Crippen LogP contribution >= 0.6 is 22.6 Å². The lowest BCUT2D eigenvalue weighted by atomic mass is 10.1. The summed E-state index contributed by atoms with van der Waals surface area (Å²) in [7, 11) is 0. The second kappa shape index (κ2) is 4.61. The van der Waals surface area contributed by atoms with Crippen molar-refractivity contribution < 1.29 is 9.53 Å². The number of benzene rings is 1. The number of anilines is 1. The van der Waals surface area contributed by atoms with Crippen molar-refractivity contribution >= 4 is 34.2 Å². The van der Waals surface area contributed by atoms with E-state index in [0.29, 0.717) is 11.3 Å². The Balaban J connectivity index is 3.05. The average Bonchev–Trinajstić information content (AvgIpc) is 2.08. The summed E-state index contributed by atoms with van der Waals surface area (Å²) >= 11 is 2.10. The summed E-state index contributed by atoms with van der Waals surface area (Å²) in [4.78, 5) is 11.9.